The van der Waals surface area contributed by atoms with Crippen LogP contribution in [0.3, 0.4) is 0 Å². The minimum atomic E-state index is -1.45. The van der Waals surface area contributed by atoms with Gasteiger partial charge in [-0.15, -0.1) is 0 Å². The van der Waals surface area contributed by atoms with Gasteiger partial charge in [0.1, 0.15) is 5.82 Å². The Bertz CT molecular complexity index is 362. The molecule has 1 aliphatic rings. The van der Waals surface area contributed by atoms with Gasteiger partial charge in [0, 0.05) is 16.5 Å². The molecule has 1 aromatic carbocycles. The van der Waals surface area contributed by atoms with Gasteiger partial charge in [-0.25, -0.2) is 4.39 Å². The molecule has 0 saturated carbocycles. The number of hydrogen-bond acceptors (Lipinski definition) is 2. The van der Waals surface area contributed by atoms with Crippen LogP contribution in [0.25, 0.3) is 0 Å². The summed E-state index contributed by atoms with van der Waals surface area (Å²) in [7, 11) is 0. The van der Waals surface area contributed by atoms with Crippen molar-refractivity contribution < 1.29 is 14.2 Å². The molecule has 0 radical (unpaired) electrons. The zero-order valence-corrected chi connectivity index (χ0v) is 9.76. The third kappa shape index (κ3) is 2.22. The van der Waals surface area contributed by atoms with Crippen LogP contribution in [0.15, 0.2) is 22.7 Å². The van der Waals surface area contributed by atoms with Gasteiger partial charge in [0.25, 0.3) is 0 Å². The summed E-state index contributed by atoms with van der Waals surface area (Å²) in [4.78, 5) is 0. The molecule has 82 valence electrons. The third-order valence-corrected chi connectivity index (χ3v) is 3.09. The standard InChI is InChI=1S/C11H12BrFO2/c12-8-3-4-10(13)9(7-8)11(14)5-1-2-6-15-11/h3-4,7,14H,1-2,5-6H2. The van der Waals surface area contributed by atoms with E-state index in [4.69, 9.17) is 4.74 Å². The first kappa shape index (κ1) is 11.0. The molecule has 1 heterocycles. The van der Waals surface area contributed by atoms with Crippen LogP contribution < -0.4 is 0 Å². The third-order valence-electron chi connectivity index (χ3n) is 2.60. The van der Waals surface area contributed by atoms with E-state index < -0.39 is 11.6 Å². The maximum atomic E-state index is 13.5. The highest BCUT2D eigenvalue weighted by atomic mass is 79.9. The molecule has 0 bridgehead atoms. The molecule has 15 heavy (non-hydrogen) atoms. The maximum absolute atomic E-state index is 13.5. The summed E-state index contributed by atoms with van der Waals surface area (Å²) in [6, 6.07) is 4.50. The first-order valence-corrected chi connectivity index (χ1v) is 5.73. The molecular weight excluding hydrogens is 263 g/mol. The van der Waals surface area contributed by atoms with Crippen LogP contribution in [0.1, 0.15) is 24.8 Å². The van der Waals surface area contributed by atoms with Crippen LogP contribution in [-0.2, 0) is 10.5 Å². The van der Waals surface area contributed by atoms with E-state index in [0.717, 1.165) is 17.3 Å². The molecule has 0 spiro atoms. The number of ether oxygens (including phenoxy) is 1. The molecule has 0 amide bonds. The van der Waals surface area contributed by atoms with Gasteiger partial charge < -0.3 is 9.84 Å². The topological polar surface area (TPSA) is 29.5 Å². The second-order valence-electron chi connectivity index (χ2n) is 3.71. The van der Waals surface area contributed by atoms with Gasteiger partial charge in [0.2, 0.25) is 0 Å². The highest BCUT2D eigenvalue weighted by Gasteiger charge is 2.35. The zero-order chi connectivity index (χ0) is 10.9. The summed E-state index contributed by atoms with van der Waals surface area (Å²) in [5, 5.41) is 10.2. The fourth-order valence-electron chi connectivity index (χ4n) is 1.79. The van der Waals surface area contributed by atoms with Crippen LogP contribution in [0.4, 0.5) is 4.39 Å². The molecular formula is C11H12BrFO2. The molecule has 2 nitrogen and oxygen atoms in total. The predicted octanol–water partition coefficient (Wildman–Crippen LogP) is 2.93. The molecule has 1 aromatic rings. The average molecular weight is 275 g/mol. The first-order chi connectivity index (χ1) is 7.12. The Balaban J connectivity index is 2.38. The molecule has 1 saturated heterocycles. The van der Waals surface area contributed by atoms with E-state index in [9.17, 15) is 9.50 Å². The lowest BCUT2D eigenvalue weighted by atomic mass is 9.97. The molecule has 4 heteroatoms. The molecule has 1 aliphatic heterocycles. The molecule has 1 fully saturated rings. The quantitative estimate of drug-likeness (QED) is 0.853. The van der Waals surface area contributed by atoms with Gasteiger partial charge in [-0.3, -0.25) is 0 Å². The minimum absolute atomic E-state index is 0.219. The predicted molar refractivity (Wildman–Crippen MR) is 57.8 cm³/mol. The Labute approximate surface area is 96.2 Å². The second-order valence-corrected chi connectivity index (χ2v) is 4.63. The molecule has 1 unspecified atom stereocenters. The minimum Gasteiger partial charge on any atom is -0.362 e. The van der Waals surface area contributed by atoms with E-state index in [0.29, 0.717) is 13.0 Å². The van der Waals surface area contributed by atoms with E-state index >= 15 is 0 Å². The average Bonchev–Trinajstić information content (AvgIpc) is 2.23. The number of hydrogen-bond donors (Lipinski definition) is 1. The molecule has 2 rings (SSSR count). The van der Waals surface area contributed by atoms with Gasteiger partial charge in [-0.2, -0.15) is 0 Å². The van der Waals surface area contributed by atoms with Gasteiger partial charge in [0.15, 0.2) is 5.79 Å². The van der Waals surface area contributed by atoms with E-state index in [1.807, 2.05) is 0 Å². The summed E-state index contributed by atoms with van der Waals surface area (Å²) >= 11 is 3.25. The summed E-state index contributed by atoms with van der Waals surface area (Å²) in [6.45, 7) is 0.475. The smallest absolute Gasteiger partial charge is 0.195 e. The van der Waals surface area contributed by atoms with E-state index in [1.54, 1.807) is 12.1 Å². The summed E-state index contributed by atoms with van der Waals surface area (Å²) < 4.78 is 19.6. The molecule has 0 aromatic heterocycles. The molecule has 0 aliphatic carbocycles. The Morgan fingerprint density at radius 3 is 2.87 bits per heavy atom. The van der Waals surface area contributed by atoms with Crippen molar-refractivity contribution in [3.8, 4) is 0 Å². The Kier molecular flexibility index (Phi) is 3.09. The highest BCUT2D eigenvalue weighted by Crippen LogP contribution is 2.35. The summed E-state index contributed by atoms with van der Waals surface area (Å²) in [5.74, 6) is -1.88. The van der Waals surface area contributed by atoms with Crippen molar-refractivity contribution in [2.45, 2.75) is 25.0 Å². The van der Waals surface area contributed by atoms with Crippen LogP contribution >= 0.6 is 15.9 Å². The molecule has 1 N–H and O–H groups in total. The fraction of sp³-hybridized carbons (Fsp3) is 0.455. The Hall–Kier alpha value is -0.450. The van der Waals surface area contributed by atoms with Crippen LogP contribution in [-0.4, -0.2) is 11.7 Å². The normalized spacial score (nSPS) is 26.6. The van der Waals surface area contributed by atoms with Crippen LogP contribution in [0.2, 0.25) is 0 Å². The lowest BCUT2D eigenvalue weighted by Gasteiger charge is -2.32. The van der Waals surface area contributed by atoms with Gasteiger partial charge >= 0.3 is 0 Å². The van der Waals surface area contributed by atoms with Crippen molar-refractivity contribution in [1.82, 2.24) is 0 Å². The lowest BCUT2D eigenvalue weighted by Crippen LogP contribution is -2.34. The fourth-order valence-corrected chi connectivity index (χ4v) is 2.15. The van der Waals surface area contributed by atoms with Crippen molar-refractivity contribution in [2.75, 3.05) is 6.61 Å². The molecule has 1 atom stereocenters. The Morgan fingerprint density at radius 1 is 1.40 bits per heavy atom. The summed E-state index contributed by atoms with van der Waals surface area (Å²) in [6.07, 6.45) is 2.21. The maximum Gasteiger partial charge on any atom is 0.195 e. The Morgan fingerprint density at radius 2 is 2.20 bits per heavy atom. The highest BCUT2D eigenvalue weighted by molar-refractivity contribution is 9.10. The number of rotatable bonds is 1. The van der Waals surface area contributed by atoms with Crippen molar-refractivity contribution >= 4 is 15.9 Å². The monoisotopic (exact) mass is 274 g/mol. The first-order valence-electron chi connectivity index (χ1n) is 4.94. The van der Waals surface area contributed by atoms with E-state index in [1.165, 1.54) is 6.07 Å². The largest absolute Gasteiger partial charge is 0.362 e. The van der Waals surface area contributed by atoms with Gasteiger partial charge in [-0.1, -0.05) is 15.9 Å². The van der Waals surface area contributed by atoms with Crippen LogP contribution in [0, 0.1) is 5.82 Å². The lowest BCUT2D eigenvalue weighted by molar-refractivity contribution is -0.235. The van der Waals surface area contributed by atoms with Gasteiger partial charge in [0.05, 0.1) is 6.61 Å². The van der Waals surface area contributed by atoms with Crippen molar-refractivity contribution in [2.24, 2.45) is 0 Å². The van der Waals surface area contributed by atoms with Crippen molar-refractivity contribution in [3.63, 3.8) is 0 Å². The zero-order valence-electron chi connectivity index (χ0n) is 8.17. The van der Waals surface area contributed by atoms with E-state index in [-0.39, 0.29) is 5.56 Å². The van der Waals surface area contributed by atoms with Crippen molar-refractivity contribution in [3.05, 3.63) is 34.1 Å². The number of aliphatic hydroxyl groups is 1. The van der Waals surface area contributed by atoms with E-state index in [2.05, 4.69) is 15.9 Å². The van der Waals surface area contributed by atoms with Crippen molar-refractivity contribution in [1.29, 1.82) is 0 Å². The summed E-state index contributed by atoms with van der Waals surface area (Å²) in [5.41, 5.74) is 0.219. The SMILES string of the molecule is OC1(c2cc(Br)ccc2F)CCCCO1. The number of halogens is 2. The second kappa shape index (κ2) is 4.20. The van der Waals surface area contributed by atoms with Crippen LogP contribution in [0.5, 0.6) is 0 Å². The van der Waals surface area contributed by atoms with Gasteiger partial charge in [-0.05, 0) is 31.0 Å². The number of benzene rings is 1.